The highest BCUT2D eigenvalue weighted by Gasteiger charge is 2.40. The van der Waals surface area contributed by atoms with E-state index in [1.807, 2.05) is 91.9 Å². The van der Waals surface area contributed by atoms with E-state index in [-0.39, 0.29) is 4.90 Å². The molecule has 1 atom stereocenters. The molecule has 1 unspecified atom stereocenters. The molecule has 2 heterocycles. The lowest BCUT2D eigenvalue weighted by Gasteiger charge is -2.35. The summed E-state index contributed by atoms with van der Waals surface area (Å²) < 4.78 is 36.6. The van der Waals surface area contributed by atoms with E-state index in [1.54, 1.807) is 12.1 Å². The number of hydrogen-bond donors (Lipinski definition) is 0. The maximum atomic E-state index is 14.4. The fourth-order valence-corrected chi connectivity index (χ4v) is 6.55. The van der Waals surface area contributed by atoms with Crippen LogP contribution in [0.4, 0.5) is 5.69 Å². The lowest BCUT2D eigenvalue weighted by Crippen LogP contribution is -2.36. The minimum absolute atomic E-state index is 0.248. The largest absolute Gasteiger partial charge is 0.454 e. The first-order chi connectivity index (χ1) is 17.4. The van der Waals surface area contributed by atoms with Crippen molar-refractivity contribution in [3.63, 3.8) is 0 Å². The van der Waals surface area contributed by atoms with Crippen LogP contribution in [0.15, 0.2) is 119 Å². The van der Waals surface area contributed by atoms with E-state index in [1.165, 1.54) is 4.31 Å². The van der Waals surface area contributed by atoms with Crippen molar-refractivity contribution >= 4 is 32.3 Å². The molecule has 5 aromatic rings. The Morgan fingerprint density at radius 3 is 2.17 bits per heavy atom. The normalized spacial score (nSPS) is 15.6. The van der Waals surface area contributed by atoms with Crippen LogP contribution in [0.2, 0.25) is 0 Å². The molecule has 0 aliphatic carbocycles. The van der Waals surface area contributed by atoms with Gasteiger partial charge in [0.1, 0.15) is 11.3 Å². The quantitative estimate of drug-likeness (QED) is 0.263. The summed E-state index contributed by atoms with van der Waals surface area (Å²) in [6.45, 7) is 4.01. The van der Waals surface area contributed by atoms with Gasteiger partial charge < -0.3 is 4.42 Å². The molecular weight excluding hydrogens is 466 g/mol. The fourth-order valence-electron chi connectivity index (χ4n) is 4.94. The van der Waals surface area contributed by atoms with Crippen LogP contribution in [0.25, 0.3) is 16.5 Å². The fraction of sp³-hybridized carbons (Fsp3) is 0.0968. The van der Waals surface area contributed by atoms with Crippen molar-refractivity contribution < 1.29 is 12.8 Å². The Hall–Kier alpha value is -4.09. The van der Waals surface area contributed by atoms with Crippen LogP contribution in [0, 0.1) is 13.8 Å². The molecule has 6 rings (SSSR count). The zero-order valence-electron chi connectivity index (χ0n) is 20.0. The number of hydrogen-bond acceptors (Lipinski definition) is 3. The molecule has 0 N–H and O–H groups in total. The van der Waals surface area contributed by atoms with E-state index < -0.39 is 16.1 Å². The summed E-state index contributed by atoms with van der Waals surface area (Å²) >= 11 is 0. The maximum absolute atomic E-state index is 14.4. The molecule has 0 fully saturated rings. The third-order valence-corrected chi connectivity index (χ3v) is 8.56. The first-order valence-electron chi connectivity index (χ1n) is 11.9. The number of rotatable bonds is 4. The number of aryl methyl sites for hydroxylation is 2. The van der Waals surface area contributed by atoms with Crippen LogP contribution in [0.1, 0.15) is 34.1 Å². The number of sulfonamides is 1. The summed E-state index contributed by atoms with van der Waals surface area (Å²) in [7, 11) is -3.94. The van der Waals surface area contributed by atoms with Crippen molar-refractivity contribution in [2.75, 3.05) is 4.31 Å². The second kappa shape index (κ2) is 8.54. The Balaban J connectivity index is 1.70. The van der Waals surface area contributed by atoms with Gasteiger partial charge in [-0.25, -0.2) is 8.42 Å². The molecule has 1 aliphatic rings. The Labute approximate surface area is 211 Å². The van der Waals surface area contributed by atoms with Gasteiger partial charge >= 0.3 is 0 Å². The van der Waals surface area contributed by atoms with Gasteiger partial charge in [-0.2, -0.15) is 0 Å². The third kappa shape index (κ3) is 3.55. The molecule has 4 nitrogen and oxygen atoms in total. The number of nitrogens with zero attached hydrogens (tertiary/aromatic N) is 1. The van der Waals surface area contributed by atoms with Crippen LogP contribution < -0.4 is 4.31 Å². The van der Waals surface area contributed by atoms with Crippen molar-refractivity contribution in [3.05, 3.63) is 137 Å². The van der Waals surface area contributed by atoms with Gasteiger partial charge in [-0.05, 0) is 60.9 Å². The SMILES string of the molecule is Cc1ccc(S(=O)(=O)N2c3c(oc4ccccc34)C(c3ccccc3C)=CC2c2ccccc2)cc1. The van der Waals surface area contributed by atoms with Crippen LogP contribution in [0.3, 0.4) is 0 Å². The molecule has 1 aliphatic heterocycles. The van der Waals surface area contributed by atoms with Gasteiger partial charge in [0.25, 0.3) is 10.0 Å². The average Bonchev–Trinajstić information content (AvgIpc) is 3.28. The highest BCUT2D eigenvalue weighted by molar-refractivity contribution is 7.92. The Morgan fingerprint density at radius 2 is 1.42 bits per heavy atom. The molecule has 1 aromatic heterocycles. The molecule has 0 spiro atoms. The molecule has 0 saturated carbocycles. The lowest BCUT2D eigenvalue weighted by molar-refractivity contribution is 0.576. The zero-order chi connectivity index (χ0) is 24.9. The minimum Gasteiger partial charge on any atom is -0.454 e. The summed E-state index contributed by atoms with van der Waals surface area (Å²) in [5, 5.41) is 0.767. The van der Waals surface area contributed by atoms with Crippen molar-refractivity contribution in [1.82, 2.24) is 0 Å². The predicted octanol–water partition coefficient (Wildman–Crippen LogP) is 7.43. The van der Waals surface area contributed by atoms with E-state index in [4.69, 9.17) is 4.42 Å². The van der Waals surface area contributed by atoms with E-state index in [2.05, 4.69) is 19.1 Å². The summed E-state index contributed by atoms with van der Waals surface area (Å²) in [6.07, 6.45) is 2.02. The molecule has 178 valence electrons. The Morgan fingerprint density at radius 1 is 0.750 bits per heavy atom. The Bertz CT molecular complexity index is 1720. The van der Waals surface area contributed by atoms with Crippen LogP contribution in [-0.2, 0) is 10.0 Å². The van der Waals surface area contributed by atoms with Crippen molar-refractivity contribution in [2.45, 2.75) is 24.8 Å². The van der Waals surface area contributed by atoms with E-state index in [0.29, 0.717) is 17.0 Å². The first kappa shape index (κ1) is 22.4. The number of benzene rings is 4. The Kier molecular flexibility index (Phi) is 5.31. The molecule has 0 saturated heterocycles. The monoisotopic (exact) mass is 491 g/mol. The van der Waals surface area contributed by atoms with Gasteiger partial charge in [0.05, 0.1) is 10.9 Å². The molecule has 36 heavy (non-hydrogen) atoms. The van der Waals surface area contributed by atoms with Crippen LogP contribution in [-0.4, -0.2) is 8.42 Å². The number of para-hydroxylation sites is 1. The van der Waals surface area contributed by atoms with Crippen LogP contribution in [0.5, 0.6) is 0 Å². The summed E-state index contributed by atoms with van der Waals surface area (Å²) in [5.41, 5.74) is 6.12. The summed E-state index contributed by atoms with van der Waals surface area (Å²) in [5.74, 6) is 0.563. The standard InChI is InChI=1S/C31H25NO3S/c1-21-16-18-24(19-17-21)36(33,34)32-28(23-11-4-3-5-12-23)20-27(25-13-7-6-10-22(25)2)31-30(32)26-14-8-9-15-29(26)35-31/h3-20,28H,1-2H3. The van der Waals surface area contributed by atoms with Gasteiger partial charge in [-0.1, -0.05) is 84.4 Å². The average molecular weight is 492 g/mol. The van der Waals surface area contributed by atoms with Gasteiger partial charge in [-0.15, -0.1) is 0 Å². The highest BCUT2D eigenvalue weighted by Crippen LogP contribution is 2.50. The molecule has 0 bridgehead atoms. The molecule has 4 aromatic carbocycles. The second-order valence-electron chi connectivity index (χ2n) is 9.14. The molecule has 0 radical (unpaired) electrons. The highest BCUT2D eigenvalue weighted by atomic mass is 32.2. The number of fused-ring (bicyclic) bond motifs is 3. The van der Waals surface area contributed by atoms with Gasteiger partial charge in [0.15, 0.2) is 5.76 Å². The van der Waals surface area contributed by atoms with Crippen molar-refractivity contribution in [2.24, 2.45) is 0 Å². The summed E-state index contributed by atoms with van der Waals surface area (Å²) in [4.78, 5) is 0.248. The van der Waals surface area contributed by atoms with Crippen molar-refractivity contribution in [3.8, 4) is 0 Å². The van der Waals surface area contributed by atoms with Gasteiger partial charge in [-0.3, -0.25) is 4.31 Å². The predicted molar refractivity (Wildman–Crippen MR) is 144 cm³/mol. The lowest BCUT2D eigenvalue weighted by atomic mass is 9.91. The number of anilines is 1. The van der Waals surface area contributed by atoms with Crippen molar-refractivity contribution in [1.29, 1.82) is 0 Å². The zero-order valence-corrected chi connectivity index (χ0v) is 20.9. The van der Waals surface area contributed by atoms with E-state index in [0.717, 1.165) is 33.2 Å². The molecule has 5 heteroatoms. The third-order valence-electron chi connectivity index (χ3n) is 6.77. The molecular formula is C31H25NO3S. The maximum Gasteiger partial charge on any atom is 0.265 e. The van der Waals surface area contributed by atoms with Gasteiger partial charge in [0.2, 0.25) is 0 Å². The number of furan rings is 1. The topological polar surface area (TPSA) is 50.5 Å². The second-order valence-corrected chi connectivity index (χ2v) is 11.0. The first-order valence-corrected chi connectivity index (χ1v) is 13.3. The van der Waals surface area contributed by atoms with E-state index >= 15 is 0 Å². The van der Waals surface area contributed by atoms with Crippen LogP contribution >= 0.6 is 0 Å². The van der Waals surface area contributed by atoms with E-state index in [9.17, 15) is 8.42 Å². The smallest absolute Gasteiger partial charge is 0.265 e. The molecule has 0 amide bonds. The van der Waals surface area contributed by atoms with Gasteiger partial charge in [0, 0.05) is 11.0 Å². The summed E-state index contributed by atoms with van der Waals surface area (Å²) in [6, 6.07) is 32.0. The minimum atomic E-state index is -3.94.